The highest BCUT2D eigenvalue weighted by Gasteiger charge is 2.00. The molecule has 0 aliphatic heterocycles. The van der Waals surface area contributed by atoms with E-state index in [-0.39, 0.29) is 0 Å². The molecular weight excluding hydrogens is 182 g/mol. The minimum absolute atomic E-state index is 0.405. The predicted molar refractivity (Wildman–Crippen MR) is 57.5 cm³/mol. The number of hydrogen-bond donors (Lipinski definition) is 2. The fourth-order valence-corrected chi connectivity index (χ4v) is 1.58. The number of likely N-dealkylation sites (N-methyl/N-ethyl adjacent to an activating group) is 1. The molecule has 0 saturated carbocycles. The summed E-state index contributed by atoms with van der Waals surface area (Å²) >= 11 is 1.64. The lowest BCUT2D eigenvalue weighted by atomic mass is 10.1. The average molecular weight is 197 g/mol. The number of thioether (sulfide) groups is 1. The summed E-state index contributed by atoms with van der Waals surface area (Å²) in [7, 11) is 1.91. The van der Waals surface area contributed by atoms with E-state index in [0.29, 0.717) is 5.75 Å². The van der Waals surface area contributed by atoms with Crippen LogP contribution in [0.5, 0.6) is 5.75 Å². The fourth-order valence-electron chi connectivity index (χ4n) is 1.14. The molecule has 0 atom stereocenters. The molecule has 72 valence electrons. The van der Waals surface area contributed by atoms with Crippen LogP contribution in [0.25, 0.3) is 0 Å². The molecule has 13 heavy (non-hydrogen) atoms. The van der Waals surface area contributed by atoms with E-state index in [9.17, 15) is 5.11 Å². The Bertz CT molecular complexity index is 276. The summed E-state index contributed by atoms with van der Waals surface area (Å²) in [5, 5.41) is 12.7. The first-order valence-corrected chi connectivity index (χ1v) is 5.51. The molecule has 1 aromatic rings. The Morgan fingerprint density at radius 1 is 1.46 bits per heavy atom. The van der Waals surface area contributed by atoms with Gasteiger partial charge in [-0.25, -0.2) is 0 Å². The van der Waals surface area contributed by atoms with Gasteiger partial charge < -0.3 is 10.4 Å². The molecular formula is C10H15NOS. The Labute approximate surface area is 83.4 Å². The predicted octanol–water partition coefficient (Wildman–Crippen LogP) is 1.88. The summed E-state index contributed by atoms with van der Waals surface area (Å²) in [4.78, 5) is 1.10. The van der Waals surface area contributed by atoms with Crippen molar-refractivity contribution in [2.24, 2.45) is 0 Å². The van der Waals surface area contributed by atoms with Gasteiger partial charge in [0, 0.05) is 4.90 Å². The van der Waals surface area contributed by atoms with E-state index in [1.807, 2.05) is 31.5 Å². The van der Waals surface area contributed by atoms with Crippen LogP contribution in [0.1, 0.15) is 5.56 Å². The highest BCUT2D eigenvalue weighted by molar-refractivity contribution is 7.98. The second-order valence-electron chi connectivity index (χ2n) is 2.85. The van der Waals surface area contributed by atoms with Gasteiger partial charge in [-0.05, 0) is 44.0 Å². The Hall–Kier alpha value is -0.670. The van der Waals surface area contributed by atoms with Gasteiger partial charge in [-0.1, -0.05) is 6.07 Å². The summed E-state index contributed by atoms with van der Waals surface area (Å²) in [6.07, 6.45) is 2.87. The highest BCUT2D eigenvalue weighted by Crippen LogP contribution is 2.24. The first-order valence-electron chi connectivity index (χ1n) is 4.28. The van der Waals surface area contributed by atoms with Crippen molar-refractivity contribution in [2.45, 2.75) is 11.3 Å². The number of phenolic OH excluding ortho intramolecular Hbond substituents is 1. The zero-order valence-electron chi connectivity index (χ0n) is 8.00. The fraction of sp³-hybridized carbons (Fsp3) is 0.400. The number of aromatic hydroxyl groups is 1. The van der Waals surface area contributed by atoms with Crippen LogP contribution in [0.2, 0.25) is 0 Å². The SMILES string of the molecule is CNCCc1ccc(SC)cc1O. The largest absolute Gasteiger partial charge is 0.508 e. The molecule has 0 unspecified atom stereocenters. The molecule has 3 heteroatoms. The molecule has 0 heterocycles. The van der Waals surface area contributed by atoms with Crippen molar-refractivity contribution in [1.29, 1.82) is 0 Å². The Morgan fingerprint density at radius 3 is 2.77 bits per heavy atom. The molecule has 0 spiro atoms. The van der Waals surface area contributed by atoms with Crippen LogP contribution in [-0.2, 0) is 6.42 Å². The summed E-state index contributed by atoms with van der Waals surface area (Å²) in [5.74, 6) is 0.405. The van der Waals surface area contributed by atoms with Gasteiger partial charge in [0.25, 0.3) is 0 Å². The smallest absolute Gasteiger partial charge is 0.119 e. The highest BCUT2D eigenvalue weighted by atomic mass is 32.2. The Morgan fingerprint density at radius 2 is 2.23 bits per heavy atom. The van der Waals surface area contributed by atoms with E-state index in [2.05, 4.69) is 5.32 Å². The maximum Gasteiger partial charge on any atom is 0.119 e. The Kier molecular flexibility index (Phi) is 4.12. The van der Waals surface area contributed by atoms with Gasteiger partial charge in [0.05, 0.1) is 0 Å². The lowest BCUT2D eigenvalue weighted by Crippen LogP contribution is -2.10. The Balaban J connectivity index is 2.73. The molecule has 0 aromatic heterocycles. The zero-order valence-corrected chi connectivity index (χ0v) is 8.82. The molecule has 2 N–H and O–H groups in total. The van der Waals surface area contributed by atoms with E-state index < -0.39 is 0 Å². The second-order valence-corrected chi connectivity index (χ2v) is 3.73. The molecule has 0 aliphatic rings. The van der Waals surface area contributed by atoms with E-state index >= 15 is 0 Å². The third kappa shape index (κ3) is 2.94. The van der Waals surface area contributed by atoms with E-state index in [1.54, 1.807) is 11.8 Å². The molecule has 2 nitrogen and oxygen atoms in total. The van der Waals surface area contributed by atoms with Gasteiger partial charge in [-0.15, -0.1) is 11.8 Å². The summed E-state index contributed by atoms with van der Waals surface area (Å²) in [6.45, 7) is 0.895. The minimum Gasteiger partial charge on any atom is -0.508 e. The van der Waals surface area contributed by atoms with Gasteiger partial charge in [0.15, 0.2) is 0 Å². The minimum atomic E-state index is 0.405. The van der Waals surface area contributed by atoms with Gasteiger partial charge in [0.1, 0.15) is 5.75 Å². The number of hydrogen-bond acceptors (Lipinski definition) is 3. The monoisotopic (exact) mass is 197 g/mol. The molecule has 0 bridgehead atoms. The van der Waals surface area contributed by atoms with Crippen LogP contribution < -0.4 is 5.32 Å². The molecule has 0 aliphatic carbocycles. The molecule has 1 aromatic carbocycles. The molecule has 0 fully saturated rings. The number of nitrogens with one attached hydrogen (secondary N) is 1. The van der Waals surface area contributed by atoms with Crippen molar-refractivity contribution in [3.63, 3.8) is 0 Å². The first-order chi connectivity index (χ1) is 6.27. The molecule has 0 radical (unpaired) electrons. The normalized spacial score (nSPS) is 10.3. The van der Waals surface area contributed by atoms with E-state index in [0.717, 1.165) is 23.4 Å². The first kappa shape index (κ1) is 10.4. The average Bonchev–Trinajstić information content (AvgIpc) is 2.16. The number of phenols is 1. The van der Waals surface area contributed by atoms with Crippen molar-refractivity contribution in [3.8, 4) is 5.75 Å². The van der Waals surface area contributed by atoms with Crippen LogP contribution in [-0.4, -0.2) is 25.0 Å². The maximum atomic E-state index is 9.61. The van der Waals surface area contributed by atoms with Gasteiger partial charge in [0.2, 0.25) is 0 Å². The third-order valence-corrected chi connectivity index (χ3v) is 2.66. The van der Waals surface area contributed by atoms with E-state index in [4.69, 9.17) is 0 Å². The van der Waals surface area contributed by atoms with Crippen LogP contribution in [0.4, 0.5) is 0 Å². The molecule has 1 rings (SSSR count). The van der Waals surface area contributed by atoms with Gasteiger partial charge in [-0.3, -0.25) is 0 Å². The lowest BCUT2D eigenvalue weighted by Gasteiger charge is -2.05. The van der Waals surface area contributed by atoms with Crippen LogP contribution in [0.15, 0.2) is 23.1 Å². The second kappa shape index (κ2) is 5.14. The van der Waals surface area contributed by atoms with Crippen LogP contribution >= 0.6 is 11.8 Å². The van der Waals surface area contributed by atoms with Crippen molar-refractivity contribution in [2.75, 3.05) is 19.8 Å². The van der Waals surface area contributed by atoms with Crippen LogP contribution in [0.3, 0.4) is 0 Å². The third-order valence-electron chi connectivity index (χ3n) is 1.94. The van der Waals surface area contributed by atoms with Crippen molar-refractivity contribution in [3.05, 3.63) is 23.8 Å². The quantitative estimate of drug-likeness (QED) is 0.723. The van der Waals surface area contributed by atoms with Gasteiger partial charge in [-0.2, -0.15) is 0 Å². The zero-order chi connectivity index (χ0) is 9.68. The summed E-state index contributed by atoms with van der Waals surface area (Å²) in [6, 6.07) is 5.84. The number of benzene rings is 1. The van der Waals surface area contributed by atoms with E-state index in [1.165, 1.54) is 0 Å². The summed E-state index contributed by atoms with van der Waals surface area (Å²) < 4.78 is 0. The van der Waals surface area contributed by atoms with Crippen molar-refractivity contribution >= 4 is 11.8 Å². The number of rotatable bonds is 4. The standard InChI is InChI=1S/C10H15NOS/c1-11-6-5-8-3-4-9(13-2)7-10(8)12/h3-4,7,11-12H,5-6H2,1-2H3. The van der Waals surface area contributed by atoms with Crippen molar-refractivity contribution in [1.82, 2.24) is 5.32 Å². The molecule has 0 saturated heterocycles. The summed E-state index contributed by atoms with van der Waals surface area (Å²) in [5.41, 5.74) is 1.01. The lowest BCUT2D eigenvalue weighted by molar-refractivity contribution is 0.466. The maximum absolute atomic E-state index is 9.61. The van der Waals surface area contributed by atoms with Gasteiger partial charge >= 0.3 is 0 Å². The topological polar surface area (TPSA) is 32.3 Å². The molecule has 0 amide bonds. The van der Waals surface area contributed by atoms with Crippen LogP contribution in [0, 0.1) is 0 Å². The van der Waals surface area contributed by atoms with Crippen molar-refractivity contribution < 1.29 is 5.11 Å².